The Morgan fingerprint density at radius 1 is 1.59 bits per heavy atom. The van der Waals surface area contributed by atoms with Crippen LogP contribution in [0.3, 0.4) is 0 Å². The van der Waals surface area contributed by atoms with Crippen LogP contribution in [0, 0.1) is 0 Å². The molecule has 2 rings (SSSR count). The molecule has 1 aliphatic rings. The van der Waals surface area contributed by atoms with Crippen LogP contribution in [0.5, 0.6) is 0 Å². The van der Waals surface area contributed by atoms with E-state index < -0.39 is 0 Å². The second kappa shape index (κ2) is 5.38. The minimum absolute atomic E-state index is 0.0207. The van der Waals surface area contributed by atoms with Crippen molar-refractivity contribution in [3.8, 4) is 0 Å². The van der Waals surface area contributed by atoms with Crippen LogP contribution in [0.4, 0.5) is 0 Å². The fourth-order valence-electron chi connectivity index (χ4n) is 2.14. The summed E-state index contributed by atoms with van der Waals surface area (Å²) >= 11 is 9.30. The third kappa shape index (κ3) is 2.64. The van der Waals surface area contributed by atoms with Crippen molar-refractivity contribution in [2.24, 2.45) is 5.73 Å². The van der Waals surface area contributed by atoms with Crippen LogP contribution in [-0.2, 0) is 0 Å². The Morgan fingerprint density at radius 3 is 3.00 bits per heavy atom. The van der Waals surface area contributed by atoms with Crippen LogP contribution in [0.1, 0.15) is 23.2 Å². The number of nitrogens with two attached hydrogens (primary N) is 1. The Bertz CT molecular complexity index is 439. The second-order valence-electron chi connectivity index (χ2n) is 4.16. The van der Waals surface area contributed by atoms with Crippen molar-refractivity contribution in [1.82, 2.24) is 4.90 Å². The van der Waals surface area contributed by atoms with Crippen LogP contribution < -0.4 is 5.73 Å². The SMILES string of the molecule is NCC1CCCN1C(=O)c1ccc(Br)c(Cl)c1. The van der Waals surface area contributed by atoms with Crippen LogP contribution in [-0.4, -0.2) is 29.9 Å². The summed E-state index contributed by atoms with van der Waals surface area (Å²) < 4.78 is 0.799. The van der Waals surface area contributed by atoms with Crippen molar-refractivity contribution in [2.75, 3.05) is 13.1 Å². The van der Waals surface area contributed by atoms with Gasteiger partial charge in [0, 0.05) is 29.2 Å². The largest absolute Gasteiger partial charge is 0.334 e. The van der Waals surface area contributed by atoms with Gasteiger partial charge in [0.1, 0.15) is 0 Å². The van der Waals surface area contributed by atoms with E-state index in [9.17, 15) is 4.79 Å². The predicted octanol–water partition coefficient (Wildman–Crippen LogP) is 2.67. The highest BCUT2D eigenvalue weighted by molar-refractivity contribution is 9.10. The minimum Gasteiger partial charge on any atom is -0.334 e. The molecule has 3 nitrogen and oxygen atoms in total. The summed E-state index contributed by atoms with van der Waals surface area (Å²) in [4.78, 5) is 14.1. The number of likely N-dealkylation sites (tertiary alicyclic amines) is 1. The molecule has 1 atom stereocenters. The van der Waals surface area contributed by atoms with E-state index in [2.05, 4.69) is 15.9 Å². The Morgan fingerprint density at radius 2 is 2.35 bits per heavy atom. The smallest absolute Gasteiger partial charge is 0.254 e. The maximum atomic E-state index is 12.3. The maximum Gasteiger partial charge on any atom is 0.254 e. The quantitative estimate of drug-likeness (QED) is 0.911. The first-order valence-corrected chi connectivity index (χ1v) is 6.76. The molecule has 0 aliphatic carbocycles. The average Bonchev–Trinajstić information content (AvgIpc) is 2.80. The lowest BCUT2D eigenvalue weighted by atomic mass is 10.1. The van der Waals surface area contributed by atoms with Crippen molar-refractivity contribution >= 4 is 33.4 Å². The van der Waals surface area contributed by atoms with Crippen LogP contribution in [0.25, 0.3) is 0 Å². The summed E-state index contributed by atoms with van der Waals surface area (Å²) in [6.07, 6.45) is 2.02. The van der Waals surface area contributed by atoms with Gasteiger partial charge >= 0.3 is 0 Å². The topological polar surface area (TPSA) is 46.3 Å². The van der Waals surface area contributed by atoms with Gasteiger partial charge in [0.2, 0.25) is 0 Å². The third-order valence-corrected chi connectivity index (χ3v) is 4.31. The lowest BCUT2D eigenvalue weighted by molar-refractivity contribution is 0.0741. The summed E-state index contributed by atoms with van der Waals surface area (Å²) in [5, 5.41) is 0.555. The monoisotopic (exact) mass is 316 g/mol. The van der Waals surface area contributed by atoms with Gasteiger partial charge in [-0.15, -0.1) is 0 Å². The number of rotatable bonds is 2. The van der Waals surface area contributed by atoms with E-state index in [1.807, 2.05) is 4.90 Å². The summed E-state index contributed by atoms with van der Waals surface area (Å²) in [5.74, 6) is 0.0207. The van der Waals surface area contributed by atoms with E-state index in [0.717, 1.165) is 23.9 Å². The molecule has 1 amide bonds. The summed E-state index contributed by atoms with van der Waals surface area (Å²) in [6, 6.07) is 5.44. The Balaban J connectivity index is 2.21. The molecular weight excluding hydrogens is 304 g/mol. The molecule has 0 saturated carbocycles. The fraction of sp³-hybridized carbons (Fsp3) is 0.417. The van der Waals surface area contributed by atoms with Gasteiger partial charge in [0.25, 0.3) is 5.91 Å². The van der Waals surface area contributed by atoms with E-state index in [4.69, 9.17) is 17.3 Å². The number of hydrogen-bond acceptors (Lipinski definition) is 2. The molecule has 1 aromatic rings. The number of halogens is 2. The molecule has 0 spiro atoms. The first-order valence-electron chi connectivity index (χ1n) is 5.59. The van der Waals surface area contributed by atoms with Crippen molar-refractivity contribution in [1.29, 1.82) is 0 Å². The zero-order valence-corrected chi connectivity index (χ0v) is 11.7. The number of carbonyl (C=O) groups excluding carboxylic acids is 1. The highest BCUT2D eigenvalue weighted by Gasteiger charge is 2.28. The first kappa shape index (κ1) is 12.9. The third-order valence-electron chi connectivity index (χ3n) is 3.08. The predicted molar refractivity (Wildman–Crippen MR) is 72.3 cm³/mol. The number of hydrogen-bond donors (Lipinski definition) is 1. The number of carbonyl (C=O) groups is 1. The Kier molecular flexibility index (Phi) is 4.07. The van der Waals surface area contributed by atoms with E-state index >= 15 is 0 Å². The minimum atomic E-state index is 0.0207. The van der Waals surface area contributed by atoms with Gasteiger partial charge in [-0.2, -0.15) is 0 Å². The molecule has 0 radical (unpaired) electrons. The zero-order valence-electron chi connectivity index (χ0n) is 9.33. The van der Waals surface area contributed by atoms with Crippen LogP contribution in [0.2, 0.25) is 5.02 Å². The second-order valence-corrected chi connectivity index (χ2v) is 5.42. The maximum absolute atomic E-state index is 12.3. The molecule has 5 heteroatoms. The molecule has 1 heterocycles. The average molecular weight is 318 g/mol. The molecule has 17 heavy (non-hydrogen) atoms. The molecule has 1 fully saturated rings. The summed E-state index contributed by atoms with van der Waals surface area (Å²) in [7, 11) is 0. The highest BCUT2D eigenvalue weighted by Crippen LogP contribution is 2.25. The lowest BCUT2D eigenvalue weighted by Crippen LogP contribution is -2.39. The van der Waals surface area contributed by atoms with E-state index in [0.29, 0.717) is 17.1 Å². The molecular formula is C12H14BrClN2O. The highest BCUT2D eigenvalue weighted by atomic mass is 79.9. The van der Waals surface area contributed by atoms with Gasteiger partial charge in [0.15, 0.2) is 0 Å². The summed E-state index contributed by atoms with van der Waals surface area (Å²) in [6.45, 7) is 1.31. The number of amides is 1. The molecule has 92 valence electrons. The number of benzene rings is 1. The van der Waals surface area contributed by atoms with Gasteiger partial charge < -0.3 is 10.6 Å². The molecule has 2 N–H and O–H groups in total. The standard InChI is InChI=1S/C12H14BrClN2O/c13-10-4-3-8(6-11(10)14)12(17)16-5-1-2-9(16)7-15/h3-4,6,9H,1-2,5,7,15H2. The molecule has 0 aromatic heterocycles. The fourth-order valence-corrected chi connectivity index (χ4v) is 2.57. The molecule has 1 aromatic carbocycles. The molecule has 1 unspecified atom stereocenters. The Labute approximate surface area is 114 Å². The van der Waals surface area contributed by atoms with Gasteiger partial charge in [-0.1, -0.05) is 11.6 Å². The molecule has 0 bridgehead atoms. The van der Waals surface area contributed by atoms with Gasteiger partial charge in [0.05, 0.1) is 5.02 Å². The summed E-state index contributed by atoms with van der Waals surface area (Å²) in [5.41, 5.74) is 6.29. The van der Waals surface area contributed by atoms with Crippen molar-refractivity contribution < 1.29 is 4.79 Å². The van der Waals surface area contributed by atoms with Gasteiger partial charge in [-0.25, -0.2) is 0 Å². The Hall–Kier alpha value is -0.580. The number of nitrogens with zero attached hydrogens (tertiary/aromatic N) is 1. The normalized spacial score (nSPS) is 19.7. The first-order chi connectivity index (χ1) is 8.13. The molecule has 1 saturated heterocycles. The van der Waals surface area contributed by atoms with Gasteiger partial charge in [-0.3, -0.25) is 4.79 Å². The zero-order chi connectivity index (χ0) is 12.4. The van der Waals surface area contributed by atoms with Crippen molar-refractivity contribution in [3.05, 3.63) is 33.3 Å². The van der Waals surface area contributed by atoms with Crippen LogP contribution >= 0.6 is 27.5 Å². The lowest BCUT2D eigenvalue weighted by Gasteiger charge is -2.23. The van der Waals surface area contributed by atoms with E-state index in [-0.39, 0.29) is 11.9 Å². The van der Waals surface area contributed by atoms with Crippen molar-refractivity contribution in [2.45, 2.75) is 18.9 Å². The van der Waals surface area contributed by atoms with Crippen LogP contribution in [0.15, 0.2) is 22.7 Å². The molecule has 1 aliphatic heterocycles. The van der Waals surface area contributed by atoms with Gasteiger partial charge in [-0.05, 0) is 47.0 Å². The van der Waals surface area contributed by atoms with E-state index in [1.165, 1.54) is 0 Å². The van der Waals surface area contributed by atoms with Crippen molar-refractivity contribution in [3.63, 3.8) is 0 Å². The van der Waals surface area contributed by atoms with E-state index in [1.54, 1.807) is 18.2 Å².